The van der Waals surface area contributed by atoms with Gasteiger partial charge in [-0.05, 0) is 33.4 Å². The van der Waals surface area contributed by atoms with Gasteiger partial charge >= 0.3 is 11.9 Å². The number of carbonyl (C=O) groups excluding carboxylic acids is 3. The molecule has 2 amide bonds. The van der Waals surface area contributed by atoms with E-state index in [-0.39, 0.29) is 37.4 Å². The minimum Gasteiger partial charge on any atom is -0.481 e. The van der Waals surface area contributed by atoms with Crippen LogP contribution >= 0.6 is 0 Å². The summed E-state index contributed by atoms with van der Waals surface area (Å²) in [4.78, 5) is 51.6. The highest BCUT2D eigenvalue weighted by Gasteiger charge is 2.55. The number of methoxy groups -OCH3 is 1. The second kappa shape index (κ2) is 12.9. The molecule has 38 heavy (non-hydrogen) atoms. The molecule has 11 heteroatoms. The summed E-state index contributed by atoms with van der Waals surface area (Å²) in [7, 11) is 5.19. The number of fused-ring (bicyclic) bond motifs is 4. The number of likely N-dealkylation sites (N-methyl/N-ethyl adjacent to an activating group) is 1. The number of aliphatic carboxylic acids is 1. The molecule has 0 aromatic carbocycles. The van der Waals surface area contributed by atoms with Crippen LogP contribution in [0.3, 0.4) is 0 Å². The molecule has 8 atom stereocenters. The molecule has 5 aliphatic heterocycles. The van der Waals surface area contributed by atoms with Crippen LogP contribution in [0, 0.1) is 23.7 Å². The smallest absolute Gasteiger partial charge is 0.312 e. The first-order chi connectivity index (χ1) is 17.7. The number of nitrogens with one attached hydrogen (secondary N) is 1. The molecule has 3 fully saturated rings. The van der Waals surface area contributed by atoms with Crippen molar-refractivity contribution in [2.24, 2.45) is 23.7 Å². The van der Waals surface area contributed by atoms with E-state index in [0.29, 0.717) is 6.54 Å². The van der Waals surface area contributed by atoms with E-state index in [1.165, 1.54) is 13.5 Å². The van der Waals surface area contributed by atoms with E-state index in [1.807, 2.05) is 36.0 Å². The van der Waals surface area contributed by atoms with Crippen LogP contribution in [0.4, 0.5) is 0 Å². The molecule has 4 bridgehead atoms. The lowest BCUT2D eigenvalue weighted by Crippen LogP contribution is -2.46. The summed E-state index contributed by atoms with van der Waals surface area (Å²) in [6, 6.07) is 0. The molecule has 11 nitrogen and oxygen atoms in total. The van der Waals surface area contributed by atoms with Gasteiger partial charge in [-0.2, -0.15) is 0 Å². The normalized spacial score (nSPS) is 33.9. The number of hydrogen-bond donors (Lipinski definition) is 2. The summed E-state index contributed by atoms with van der Waals surface area (Å²) in [6.07, 6.45) is 9.14. The number of hydrogen-bond acceptors (Lipinski definition) is 8. The zero-order valence-corrected chi connectivity index (χ0v) is 21.6. The summed E-state index contributed by atoms with van der Waals surface area (Å²) in [5.41, 5.74) is 0. The fraction of sp³-hybridized carbons (Fsp3) is 0.704. The van der Waals surface area contributed by atoms with Gasteiger partial charge < -0.3 is 34.4 Å². The standard InChI is InChI=1S/C14H19NO4.C12H18N2O4.CH4/c1-18-14(17)12-10-6-5-9(19-10)11(12)13(16)15-7-3-2-4-8-15;1-14(2)6-5-13-11(15)9-7-3-4-8(18-7)10(9)12(16)17;/h5-6,9-12H,2-4,7-8H2,1H3;3-4,7-10H,5-6H2,1-2H3,(H,13,15)(H,16,17);1H4/t9-,10+,11?,12?;7-,8+,9?,10?;/m00./s1. The number of nitrogens with zero attached hydrogens (tertiary/aromatic N) is 2. The van der Waals surface area contributed by atoms with Crippen molar-refractivity contribution in [1.82, 2.24) is 15.1 Å². The monoisotopic (exact) mass is 535 g/mol. The van der Waals surface area contributed by atoms with Crippen LogP contribution in [-0.2, 0) is 33.4 Å². The van der Waals surface area contributed by atoms with Crippen molar-refractivity contribution in [3.63, 3.8) is 0 Å². The van der Waals surface area contributed by atoms with Crippen LogP contribution in [0.1, 0.15) is 26.7 Å². The van der Waals surface area contributed by atoms with Crippen molar-refractivity contribution >= 4 is 23.8 Å². The van der Waals surface area contributed by atoms with E-state index < -0.39 is 41.8 Å². The molecule has 2 N–H and O–H groups in total. The van der Waals surface area contributed by atoms with E-state index in [1.54, 1.807) is 12.2 Å². The van der Waals surface area contributed by atoms with Gasteiger partial charge in [-0.1, -0.05) is 31.7 Å². The minimum absolute atomic E-state index is 0. The van der Waals surface area contributed by atoms with Crippen LogP contribution in [0.2, 0.25) is 0 Å². The Kier molecular flexibility index (Phi) is 10.1. The first kappa shape index (κ1) is 29.8. The van der Waals surface area contributed by atoms with E-state index in [4.69, 9.17) is 19.3 Å². The first-order valence-corrected chi connectivity index (χ1v) is 12.9. The molecule has 4 unspecified atom stereocenters. The number of amides is 2. The van der Waals surface area contributed by atoms with Gasteiger partial charge in [-0.25, -0.2) is 0 Å². The Balaban J connectivity index is 0.000000206. The number of carboxylic acid groups (broad SMARTS) is 1. The third kappa shape index (κ3) is 6.10. The van der Waals surface area contributed by atoms with Crippen molar-refractivity contribution < 1.29 is 38.5 Å². The number of ether oxygens (including phenoxy) is 3. The van der Waals surface area contributed by atoms with Crippen LogP contribution in [0.5, 0.6) is 0 Å². The minimum atomic E-state index is -0.973. The van der Waals surface area contributed by atoms with Crippen molar-refractivity contribution in [3.05, 3.63) is 24.3 Å². The number of carboxylic acids is 1. The zero-order valence-electron chi connectivity index (χ0n) is 21.6. The number of rotatable bonds is 7. The van der Waals surface area contributed by atoms with Crippen LogP contribution in [0.25, 0.3) is 0 Å². The fourth-order valence-corrected chi connectivity index (χ4v) is 5.78. The average Bonchev–Trinajstić information content (AvgIpc) is 3.69. The maximum atomic E-state index is 12.6. The lowest BCUT2D eigenvalue weighted by Gasteiger charge is -2.32. The van der Waals surface area contributed by atoms with E-state index in [9.17, 15) is 19.2 Å². The lowest BCUT2D eigenvalue weighted by molar-refractivity contribution is -0.152. The highest BCUT2D eigenvalue weighted by molar-refractivity contribution is 5.88. The Morgan fingerprint density at radius 1 is 0.895 bits per heavy atom. The van der Waals surface area contributed by atoms with E-state index in [0.717, 1.165) is 32.5 Å². The second-order valence-electron chi connectivity index (χ2n) is 10.3. The topological polar surface area (TPSA) is 135 Å². The molecule has 5 heterocycles. The Labute approximate surface area is 224 Å². The maximum absolute atomic E-state index is 12.6. The number of likely N-dealkylation sites (tertiary alicyclic amines) is 1. The van der Waals surface area contributed by atoms with Gasteiger partial charge in [0.2, 0.25) is 11.8 Å². The maximum Gasteiger partial charge on any atom is 0.312 e. The van der Waals surface area contributed by atoms with E-state index in [2.05, 4.69) is 5.32 Å². The highest BCUT2D eigenvalue weighted by atomic mass is 16.5. The van der Waals surface area contributed by atoms with Crippen molar-refractivity contribution in [3.8, 4) is 0 Å². The zero-order chi connectivity index (χ0) is 26.7. The second-order valence-corrected chi connectivity index (χ2v) is 10.3. The summed E-state index contributed by atoms with van der Waals surface area (Å²) in [6.45, 7) is 2.82. The number of piperidine rings is 1. The Hall–Kier alpha value is -2.76. The SMILES string of the molecule is C.CN(C)CCNC(=O)C1C(C(=O)O)[C@H]2C=C[C@@H]1O2.COC(=O)C1C(C(=O)N2CCCCC2)[C@@H]2C=C[C@H]1O2. The van der Waals surface area contributed by atoms with Crippen LogP contribution in [-0.4, -0.2) is 110 Å². The third-order valence-electron chi connectivity index (χ3n) is 7.67. The Morgan fingerprint density at radius 3 is 1.95 bits per heavy atom. The van der Waals surface area contributed by atoms with Gasteiger partial charge in [0, 0.05) is 26.2 Å². The van der Waals surface area contributed by atoms with Crippen molar-refractivity contribution in [2.75, 3.05) is 47.4 Å². The quantitative estimate of drug-likeness (QED) is 0.357. The molecule has 3 saturated heterocycles. The molecule has 212 valence electrons. The summed E-state index contributed by atoms with van der Waals surface area (Å²) >= 11 is 0. The largest absolute Gasteiger partial charge is 0.481 e. The Bertz CT molecular complexity index is 945. The molecule has 0 radical (unpaired) electrons. The summed E-state index contributed by atoms with van der Waals surface area (Å²) < 4.78 is 15.9. The lowest BCUT2D eigenvalue weighted by atomic mass is 9.81. The molecule has 0 aliphatic carbocycles. The average molecular weight is 536 g/mol. The van der Waals surface area contributed by atoms with Crippen LogP contribution < -0.4 is 5.32 Å². The molecule has 0 spiro atoms. The number of esters is 1. The molecular weight excluding hydrogens is 494 g/mol. The fourth-order valence-electron chi connectivity index (χ4n) is 5.78. The molecular formula is C27H41N3O8. The highest BCUT2D eigenvalue weighted by Crippen LogP contribution is 2.41. The first-order valence-electron chi connectivity index (χ1n) is 12.9. The van der Waals surface area contributed by atoms with Crippen molar-refractivity contribution in [2.45, 2.75) is 51.1 Å². The molecule has 0 aromatic rings. The summed E-state index contributed by atoms with van der Waals surface area (Å²) in [5, 5.41) is 11.9. The van der Waals surface area contributed by atoms with E-state index >= 15 is 0 Å². The summed E-state index contributed by atoms with van der Waals surface area (Å²) in [5.74, 6) is -3.76. The van der Waals surface area contributed by atoms with Gasteiger partial charge in [0.05, 0.1) is 43.4 Å². The van der Waals surface area contributed by atoms with Gasteiger partial charge in [-0.3, -0.25) is 19.2 Å². The van der Waals surface area contributed by atoms with Crippen molar-refractivity contribution in [1.29, 1.82) is 0 Å². The van der Waals surface area contributed by atoms with Gasteiger partial charge in [0.15, 0.2) is 0 Å². The molecule has 5 aliphatic rings. The van der Waals surface area contributed by atoms with Gasteiger partial charge in [0.25, 0.3) is 0 Å². The molecule has 5 rings (SSSR count). The van der Waals surface area contributed by atoms with Gasteiger partial charge in [0.1, 0.15) is 11.8 Å². The Morgan fingerprint density at radius 2 is 1.42 bits per heavy atom. The predicted octanol–water partition coefficient (Wildman–Crippen LogP) is 0.696. The van der Waals surface area contributed by atoms with Gasteiger partial charge in [-0.15, -0.1) is 0 Å². The predicted molar refractivity (Wildman–Crippen MR) is 138 cm³/mol. The van der Waals surface area contributed by atoms with Crippen LogP contribution in [0.15, 0.2) is 24.3 Å². The molecule has 0 saturated carbocycles. The number of carbonyl (C=O) groups is 4. The molecule has 0 aromatic heterocycles. The third-order valence-corrected chi connectivity index (χ3v) is 7.67.